The van der Waals surface area contributed by atoms with Crippen LogP contribution >= 0.6 is 0 Å². The monoisotopic (exact) mass is 225 g/mol. The molecule has 0 aromatic rings. The SMILES string of the molecule is CCN(C)CCNC1CC2CCC(C1)N2C. The van der Waals surface area contributed by atoms with E-state index < -0.39 is 0 Å². The van der Waals surface area contributed by atoms with Gasteiger partial charge in [-0.1, -0.05) is 6.92 Å². The topological polar surface area (TPSA) is 18.5 Å². The van der Waals surface area contributed by atoms with Crippen LogP contribution in [0, 0.1) is 0 Å². The van der Waals surface area contributed by atoms with Crippen molar-refractivity contribution in [1.82, 2.24) is 15.1 Å². The van der Waals surface area contributed by atoms with Gasteiger partial charge in [0, 0.05) is 31.2 Å². The second kappa shape index (κ2) is 5.48. The summed E-state index contributed by atoms with van der Waals surface area (Å²) in [5.74, 6) is 0. The molecule has 3 nitrogen and oxygen atoms in total. The van der Waals surface area contributed by atoms with Gasteiger partial charge in [-0.3, -0.25) is 0 Å². The Morgan fingerprint density at radius 3 is 2.44 bits per heavy atom. The molecule has 2 aliphatic rings. The Balaban J connectivity index is 1.68. The Morgan fingerprint density at radius 2 is 1.88 bits per heavy atom. The van der Waals surface area contributed by atoms with E-state index in [-0.39, 0.29) is 0 Å². The molecule has 0 saturated carbocycles. The molecule has 2 unspecified atom stereocenters. The lowest BCUT2D eigenvalue weighted by atomic mass is 9.98. The Morgan fingerprint density at radius 1 is 1.25 bits per heavy atom. The van der Waals surface area contributed by atoms with Crippen molar-refractivity contribution in [2.75, 3.05) is 33.7 Å². The molecule has 3 heteroatoms. The van der Waals surface area contributed by atoms with E-state index in [9.17, 15) is 0 Å². The van der Waals surface area contributed by atoms with Crippen LogP contribution in [0.5, 0.6) is 0 Å². The quantitative estimate of drug-likeness (QED) is 0.757. The number of hydrogen-bond acceptors (Lipinski definition) is 3. The Kier molecular flexibility index (Phi) is 4.22. The first-order chi connectivity index (χ1) is 7.70. The van der Waals surface area contributed by atoms with Crippen molar-refractivity contribution in [3.63, 3.8) is 0 Å². The molecule has 2 saturated heterocycles. The second-order valence-electron chi connectivity index (χ2n) is 5.57. The maximum Gasteiger partial charge on any atom is 0.0111 e. The van der Waals surface area contributed by atoms with Crippen LogP contribution in [-0.4, -0.2) is 61.7 Å². The van der Waals surface area contributed by atoms with Gasteiger partial charge in [0.05, 0.1) is 0 Å². The molecule has 0 amide bonds. The average Bonchev–Trinajstić information content (AvgIpc) is 2.53. The van der Waals surface area contributed by atoms with Crippen molar-refractivity contribution < 1.29 is 0 Å². The first-order valence-corrected chi connectivity index (χ1v) is 6.84. The summed E-state index contributed by atoms with van der Waals surface area (Å²) in [6.07, 6.45) is 5.58. The minimum Gasteiger partial charge on any atom is -0.313 e. The molecule has 0 aromatic heterocycles. The molecule has 0 spiro atoms. The highest BCUT2D eigenvalue weighted by Gasteiger charge is 2.37. The first kappa shape index (κ1) is 12.3. The summed E-state index contributed by atoms with van der Waals surface area (Å²) in [6, 6.07) is 2.50. The van der Waals surface area contributed by atoms with E-state index in [1.807, 2.05) is 0 Å². The van der Waals surface area contributed by atoms with E-state index in [1.54, 1.807) is 0 Å². The number of nitrogens with one attached hydrogen (secondary N) is 1. The summed E-state index contributed by atoms with van der Waals surface area (Å²) in [7, 11) is 4.50. The molecule has 0 radical (unpaired) electrons. The summed E-state index contributed by atoms with van der Waals surface area (Å²) in [5, 5.41) is 3.74. The highest BCUT2D eigenvalue weighted by molar-refractivity contribution is 4.95. The number of hydrogen-bond donors (Lipinski definition) is 1. The highest BCUT2D eigenvalue weighted by Crippen LogP contribution is 2.33. The molecule has 2 bridgehead atoms. The molecular formula is C13H27N3. The van der Waals surface area contributed by atoms with Crippen LogP contribution in [0.15, 0.2) is 0 Å². The van der Waals surface area contributed by atoms with Gasteiger partial charge in [-0.2, -0.15) is 0 Å². The third-order valence-corrected chi connectivity index (χ3v) is 4.56. The smallest absolute Gasteiger partial charge is 0.0111 e. The van der Waals surface area contributed by atoms with Crippen LogP contribution in [0.1, 0.15) is 32.6 Å². The zero-order valence-corrected chi connectivity index (χ0v) is 11.1. The first-order valence-electron chi connectivity index (χ1n) is 6.84. The maximum absolute atomic E-state index is 3.74. The van der Waals surface area contributed by atoms with E-state index in [0.717, 1.165) is 31.2 Å². The molecule has 2 heterocycles. The van der Waals surface area contributed by atoms with Crippen LogP contribution in [0.4, 0.5) is 0 Å². The largest absolute Gasteiger partial charge is 0.313 e. The third kappa shape index (κ3) is 2.76. The Hall–Kier alpha value is -0.120. The van der Waals surface area contributed by atoms with Crippen molar-refractivity contribution in [3.05, 3.63) is 0 Å². The molecular weight excluding hydrogens is 198 g/mol. The van der Waals surface area contributed by atoms with E-state index in [1.165, 1.54) is 32.2 Å². The summed E-state index contributed by atoms with van der Waals surface area (Å²) < 4.78 is 0. The number of piperidine rings is 1. The number of nitrogens with zero attached hydrogens (tertiary/aromatic N) is 2. The summed E-state index contributed by atoms with van der Waals surface area (Å²) in [4.78, 5) is 4.98. The van der Waals surface area contributed by atoms with Crippen LogP contribution in [-0.2, 0) is 0 Å². The number of rotatable bonds is 5. The standard InChI is InChI=1S/C13H27N3/c1-4-15(2)8-7-14-11-9-12-5-6-13(10-11)16(12)3/h11-14H,4-10H2,1-3H3. The van der Waals surface area contributed by atoms with Crippen LogP contribution in [0.3, 0.4) is 0 Å². The van der Waals surface area contributed by atoms with Crippen molar-refractivity contribution in [1.29, 1.82) is 0 Å². The summed E-state index contributed by atoms with van der Waals surface area (Å²) >= 11 is 0. The highest BCUT2D eigenvalue weighted by atomic mass is 15.2. The normalized spacial score (nSPS) is 34.9. The lowest BCUT2D eigenvalue weighted by Gasteiger charge is -2.37. The van der Waals surface area contributed by atoms with E-state index in [2.05, 4.69) is 36.1 Å². The van der Waals surface area contributed by atoms with Crippen LogP contribution in [0.2, 0.25) is 0 Å². The van der Waals surface area contributed by atoms with Crippen molar-refractivity contribution in [2.24, 2.45) is 0 Å². The Bertz CT molecular complexity index is 205. The van der Waals surface area contributed by atoms with Gasteiger partial charge in [0.1, 0.15) is 0 Å². The van der Waals surface area contributed by atoms with Gasteiger partial charge in [-0.25, -0.2) is 0 Å². The fraction of sp³-hybridized carbons (Fsp3) is 1.00. The van der Waals surface area contributed by atoms with E-state index in [0.29, 0.717) is 0 Å². The second-order valence-corrected chi connectivity index (χ2v) is 5.57. The average molecular weight is 225 g/mol. The molecule has 2 rings (SSSR count). The lowest BCUT2D eigenvalue weighted by molar-refractivity contribution is 0.147. The van der Waals surface area contributed by atoms with Crippen molar-refractivity contribution >= 4 is 0 Å². The summed E-state index contributed by atoms with van der Waals surface area (Å²) in [5.41, 5.74) is 0. The van der Waals surface area contributed by atoms with E-state index >= 15 is 0 Å². The molecule has 16 heavy (non-hydrogen) atoms. The predicted molar refractivity (Wildman–Crippen MR) is 68.8 cm³/mol. The molecule has 2 atom stereocenters. The fourth-order valence-electron chi connectivity index (χ4n) is 3.20. The zero-order chi connectivity index (χ0) is 11.5. The van der Waals surface area contributed by atoms with Gasteiger partial charge in [0.15, 0.2) is 0 Å². The maximum atomic E-state index is 3.74. The lowest BCUT2D eigenvalue weighted by Crippen LogP contribution is -2.48. The van der Waals surface area contributed by atoms with Gasteiger partial charge >= 0.3 is 0 Å². The molecule has 0 aliphatic carbocycles. The number of fused-ring (bicyclic) bond motifs is 2. The van der Waals surface area contributed by atoms with Crippen molar-refractivity contribution in [2.45, 2.75) is 50.7 Å². The minimum absolute atomic E-state index is 0.777. The van der Waals surface area contributed by atoms with E-state index in [4.69, 9.17) is 0 Å². The van der Waals surface area contributed by atoms with Gasteiger partial charge < -0.3 is 15.1 Å². The summed E-state index contributed by atoms with van der Waals surface area (Å²) in [6.45, 7) is 5.70. The van der Waals surface area contributed by atoms with Gasteiger partial charge in [0.25, 0.3) is 0 Å². The molecule has 1 N–H and O–H groups in total. The van der Waals surface area contributed by atoms with Gasteiger partial charge in [0.2, 0.25) is 0 Å². The van der Waals surface area contributed by atoms with Gasteiger partial charge in [-0.15, -0.1) is 0 Å². The van der Waals surface area contributed by atoms with Crippen molar-refractivity contribution in [3.8, 4) is 0 Å². The zero-order valence-electron chi connectivity index (χ0n) is 11.1. The van der Waals surface area contributed by atoms with Crippen LogP contribution in [0.25, 0.3) is 0 Å². The predicted octanol–water partition coefficient (Wildman–Crippen LogP) is 1.15. The Labute approximate surface area is 100 Å². The molecule has 2 fully saturated rings. The molecule has 2 aliphatic heterocycles. The number of likely N-dealkylation sites (N-methyl/N-ethyl adjacent to an activating group) is 1. The fourth-order valence-corrected chi connectivity index (χ4v) is 3.20. The molecule has 94 valence electrons. The third-order valence-electron chi connectivity index (χ3n) is 4.56. The molecule has 0 aromatic carbocycles. The van der Waals surface area contributed by atoms with Crippen LogP contribution < -0.4 is 5.32 Å². The van der Waals surface area contributed by atoms with Gasteiger partial charge in [-0.05, 0) is 46.3 Å². The minimum atomic E-state index is 0.777.